The first-order chi connectivity index (χ1) is 11.1. The molecule has 0 radical (unpaired) electrons. The van der Waals surface area contributed by atoms with E-state index >= 15 is 0 Å². The Morgan fingerprint density at radius 1 is 1.35 bits per heavy atom. The lowest BCUT2D eigenvalue weighted by molar-refractivity contribution is 0.102. The van der Waals surface area contributed by atoms with Gasteiger partial charge in [-0.1, -0.05) is 0 Å². The molecule has 7 heteroatoms. The van der Waals surface area contributed by atoms with Gasteiger partial charge >= 0.3 is 0 Å². The molecule has 0 saturated heterocycles. The van der Waals surface area contributed by atoms with Crippen LogP contribution in [0.4, 0.5) is 10.1 Å². The number of aromatic nitrogens is 1. The van der Waals surface area contributed by atoms with Gasteiger partial charge < -0.3 is 14.5 Å². The Morgan fingerprint density at radius 2 is 2.17 bits per heavy atom. The fourth-order valence-corrected chi connectivity index (χ4v) is 2.74. The number of nitrogens with zero attached hydrogens (tertiary/aromatic N) is 1. The van der Waals surface area contributed by atoms with Crippen molar-refractivity contribution in [3.63, 3.8) is 0 Å². The maximum Gasteiger partial charge on any atom is 0.275 e. The molecule has 1 N–H and O–H groups in total. The van der Waals surface area contributed by atoms with E-state index in [2.05, 4.69) is 10.3 Å². The van der Waals surface area contributed by atoms with E-state index in [1.165, 1.54) is 30.6 Å². The van der Waals surface area contributed by atoms with Gasteiger partial charge in [0.25, 0.3) is 5.91 Å². The number of benzene rings is 1. The SMILES string of the molecule is COc1ccc(NC(=O)c2csc(-c3ccc(C)o3)n2)cc1F. The zero-order valence-corrected chi connectivity index (χ0v) is 13.2. The van der Waals surface area contributed by atoms with Crippen molar-refractivity contribution >= 4 is 22.9 Å². The van der Waals surface area contributed by atoms with Crippen LogP contribution in [0.2, 0.25) is 0 Å². The Balaban J connectivity index is 1.76. The molecule has 2 heterocycles. The van der Waals surface area contributed by atoms with Crippen molar-refractivity contribution in [2.45, 2.75) is 6.92 Å². The van der Waals surface area contributed by atoms with Crippen molar-refractivity contribution in [1.82, 2.24) is 4.98 Å². The fourth-order valence-electron chi connectivity index (χ4n) is 1.98. The Kier molecular flexibility index (Phi) is 4.12. The zero-order valence-electron chi connectivity index (χ0n) is 12.4. The van der Waals surface area contributed by atoms with E-state index in [0.717, 1.165) is 5.76 Å². The van der Waals surface area contributed by atoms with Gasteiger partial charge in [-0.15, -0.1) is 11.3 Å². The van der Waals surface area contributed by atoms with E-state index in [0.29, 0.717) is 16.5 Å². The highest BCUT2D eigenvalue weighted by Gasteiger charge is 2.14. The number of ether oxygens (including phenoxy) is 1. The third kappa shape index (κ3) is 3.24. The van der Waals surface area contributed by atoms with Crippen LogP contribution in [-0.2, 0) is 0 Å². The quantitative estimate of drug-likeness (QED) is 0.781. The predicted molar refractivity (Wildman–Crippen MR) is 85.5 cm³/mol. The van der Waals surface area contributed by atoms with Gasteiger partial charge in [-0.05, 0) is 31.2 Å². The van der Waals surface area contributed by atoms with E-state index in [-0.39, 0.29) is 11.4 Å². The second kappa shape index (κ2) is 6.21. The number of anilines is 1. The Morgan fingerprint density at radius 3 is 2.83 bits per heavy atom. The number of methoxy groups -OCH3 is 1. The summed E-state index contributed by atoms with van der Waals surface area (Å²) in [5.41, 5.74) is 0.576. The number of nitrogens with one attached hydrogen (secondary N) is 1. The van der Waals surface area contributed by atoms with Crippen LogP contribution in [0.1, 0.15) is 16.2 Å². The van der Waals surface area contributed by atoms with Crippen molar-refractivity contribution in [3.8, 4) is 16.5 Å². The maximum absolute atomic E-state index is 13.6. The molecule has 1 aromatic carbocycles. The summed E-state index contributed by atoms with van der Waals surface area (Å²) in [6.07, 6.45) is 0. The number of thiazole rings is 1. The lowest BCUT2D eigenvalue weighted by Crippen LogP contribution is -2.12. The number of halogens is 1. The van der Waals surface area contributed by atoms with Gasteiger partial charge in [-0.3, -0.25) is 4.79 Å². The van der Waals surface area contributed by atoms with E-state index in [9.17, 15) is 9.18 Å². The molecule has 0 spiro atoms. The van der Waals surface area contributed by atoms with Crippen molar-refractivity contribution in [3.05, 3.63) is 53.0 Å². The van der Waals surface area contributed by atoms with Crippen LogP contribution in [0.15, 0.2) is 40.1 Å². The first-order valence-corrected chi connectivity index (χ1v) is 7.62. The van der Waals surface area contributed by atoms with E-state index < -0.39 is 11.7 Å². The Bertz CT molecular complexity index is 857. The minimum absolute atomic E-state index is 0.118. The van der Waals surface area contributed by atoms with Gasteiger partial charge in [-0.25, -0.2) is 9.37 Å². The lowest BCUT2D eigenvalue weighted by Gasteiger charge is -2.06. The molecule has 3 rings (SSSR count). The van der Waals surface area contributed by atoms with E-state index in [1.54, 1.807) is 17.5 Å². The standard InChI is InChI=1S/C16H13FN2O3S/c1-9-3-5-14(22-9)16-19-12(8-23-16)15(20)18-10-4-6-13(21-2)11(17)7-10/h3-8H,1-2H3,(H,18,20). The van der Waals surface area contributed by atoms with Crippen molar-refractivity contribution in [2.24, 2.45) is 0 Å². The molecule has 118 valence electrons. The summed E-state index contributed by atoms with van der Waals surface area (Å²) in [6, 6.07) is 7.83. The highest BCUT2D eigenvalue weighted by atomic mass is 32.1. The van der Waals surface area contributed by atoms with Gasteiger partial charge in [-0.2, -0.15) is 0 Å². The zero-order chi connectivity index (χ0) is 16.4. The van der Waals surface area contributed by atoms with Crippen LogP contribution in [0.25, 0.3) is 10.8 Å². The second-order valence-electron chi connectivity index (χ2n) is 4.75. The summed E-state index contributed by atoms with van der Waals surface area (Å²) in [4.78, 5) is 16.4. The second-order valence-corrected chi connectivity index (χ2v) is 5.61. The molecular weight excluding hydrogens is 319 g/mol. The molecule has 1 amide bonds. The van der Waals surface area contributed by atoms with Gasteiger partial charge in [0.15, 0.2) is 22.3 Å². The van der Waals surface area contributed by atoms with Crippen LogP contribution < -0.4 is 10.1 Å². The maximum atomic E-state index is 13.6. The van der Waals surface area contributed by atoms with Crippen molar-refractivity contribution in [2.75, 3.05) is 12.4 Å². The van der Waals surface area contributed by atoms with Crippen LogP contribution in [-0.4, -0.2) is 18.0 Å². The number of hydrogen-bond donors (Lipinski definition) is 1. The van der Waals surface area contributed by atoms with Crippen LogP contribution in [0, 0.1) is 12.7 Å². The fraction of sp³-hybridized carbons (Fsp3) is 0.125. The molecule has 0 aliphatic rings. The molecule has 0 saturated carbocycles. The van der Waals surface area contributed by atoms with E-state index in [1.807, 2.05) is 13.0 Å². The summed E-state index contributed by atoms with van der Waals surface area (Å²) < 4.78 is 23.9. The van der Waals surface area contributed by atoms with Gasteiger partial charge in [0.05, 0.1) is 7.11 Å². The van der Waals surface area contributed by atoms with Crippen LogP contribution in [0.5, 0.6) is 5.75 Å². The van der Waals surface area contributed by atoms with Crippen LogP contribution >= 0.6 is 11.3 Å². The number of hydrogen-bond acceptors (Lipinski definition) is 5. The lowest BCUT2D eigenvalue weighted by atomic mass is 10.3. The Hall–Kier alpha value is -2.67. The monoisotopic (exact) mass is 332 g/mol. The number of carbonyl (C=O) groups is 1. The van der Waals surface area contributed by atoms with Crippen molar-refractivity contribution in [1.29, 1.82) is 0 Å². The molecular formula is C16H13FN2O3S. The number of aryl methyl sites for hydroxylation is 1. The number of amides is 1. The molecule has 0 bridgehead atoms. The average Bonchev–Trinajstić information content (AvgIpc) is 3.16. The molecule has 0 aliphatic heterocycles. The Labute approximate surface area is 135 Å². The minimum atomic E-state index is -0.546. The molecule has 0 unspecified atom stereocenters. The van der Waals surface area contributed by atoms with Crippen LogP contribution in [0.3, 0.4) is 0 Å². The van der Waals surface area contributed by atoms with Gasteiger partial charge in [0.2, 0.25) is 0 Å². The normalized spacial score (nSPS) is 10.6. The largest absolute Gasteiger partial charge is 0.494 e. The number of furan rings is 1. The summed E-state index contributed by atoms with van der Waals surface area (Å²) in [6.45, 7) is 1.84. The third-order valence-electron chi connectivity index (χ3n) is 3.10. The highest BCUT2D eigenvalue weighted by Crippen LogP contribution is 2.26. The number of carbonyl (C=O) groups excluding carboxylic acids is 1. The molecule has 3 aromatic rings. The molecule has 5 nitrogen and oxygen atoms in total. The summed E-state index contributed by atoms with van der Waals surface area (Å²) >= 11 is 1.30. The number of rotatable bonds is 4. The predicted octanol–water partition coefficient (Wildman–Crippen LogP) is 4.11. The molecule has 23 heavy (non-hydrogen) atoms. The smallest absolute Gasteiger partial charge is 0.275 e. The third-order valence-corrected chi connectivity index (χ3v) is 3.95. The summed E-state index contributed by atoms with van der Waals surface area (Å²) in [7, 11) is 1.38. The highest BCUT2D eigenvalue weighted by molar-refractivity contribution is 7.13. The van der Waals surface area contributed by atoms with E-state index in [4.69, 9.17) is 9.15 Å². The molecule has 0 atom stereocenters. The topological polar surface area (TPSA) is 64.4 Å². The summed E-state index contributed by atoms with van der Waals surface area (Å²) in [5, 5.41) is 4.84. The molecule has 0 aliphatic carbocycles. The molecule has 0 fully saturated rings. The first kappa shape index (κ1) is 15.2. The first-order valence-electron chi connectivity index (χ1n) is 6.74. The molecule has 2 aromatic heterocycles. The van der Waals surface area contributed by atoms with Gasteiger partial charge in [0.1, 0.15) is 11.5 Å². The average molecular weight is 332 g/mol. The minimum Gasteiger partial charge on any atom is -0.494 e. The van der Waals surface area contributed by atoms with Gasteiger partial charge in [0, 0.05) is 17.1 Å². The van der Waals surface area contributed by atoms with Crippen molar-refractivity contribution < 1.29 is 18.3 Å². The summed E-state index contributed by atoms with van der Waals surface area (Å²) in [5.74, 6) is 0.541.